The summed E-state index contributed by atoms with van der Waals surface area (Å²) in [5, 5.41) is 5.43. The van der Waals surface area contributed by atoms with Crippen molar-refractivity contribution < 1.29 is 9.59 Å². The Morgan fingerprint density at radius 1 is 1.11 bits per heavy atom. The molecule has 1 aliphatic rings. The molecule has 2 amide bonds. The molecule has 1 fully saturated rings. The highest BCUT2D eigenvalue weighted by Gasteiger charge is 2.29. The van der Waals surface area contributed by atoms with E-state index >= 15 is 0 Å². The molecule has 152 valence electrons. The van der Waals surface area contributed by atoms with Gasteiger partial charge in [-0.25, -0.2) is 0 Å². The minimum atomic E-state index is -0.197. The van der Waals surface area contributed by atoms with Crippen LogP contribution in [0.5, 0.6) is 0 Å². The van der Waals surface area contributed by atoms with Crippen LogP contribution in [0.2, 0.25) is 0 Å². The molecular weight excluding hydrogens is 374 g/mol. The number of amides is 2. The van der Waals surface area contributed by atoms with Gasteiger partial charge in [0.05, 0.1) is 6.04 Å². The zero-order valence-electron chi connectivity index (χ0n) is 16.6. The lowest BCUT2D eigenvalue weighted by atomic mass is 9.94. The molecule has 0 radical (unpaired) electrons. The Kier molecular flexibility index (Phi) is 7.84. The number of benzene rings is 2. The Morgan fingerprint density at radius 2 is 1.75 bits per heavy atom. The number of carbonyl (C=O) groups excluding carboxylic acids is 2. The van der Waals surface area contributed by atoms with Crippen LogP contribution >= 0.6 is 12.4 Å². The lowest BCUT2D eigenvalue weighted by Gasteiger charge is -2.33. The number of nitrogens with zero attached hydrogens (tertiary/aromatic N) is 1. The molecule has 0 spiro atoms. The number of hydrogen-bond donors (Lipinski definition) is 2. The number of halogens is 1. The van der Waals surface area contributed by atoms with Crippen molar-refractivity contribution in [2.24, 2.45) is 17.6 Å². The molecule has 1 atom stereocenters. The van der Waals surface area contributed by atoms with Gasteiger partial charge >= 0.3 is 0 Å². The number of hydrogen-bond acceptors (Lipinski definition) is 3. The van der Waals surface area contributed by atoms with Crippen LogP contribution in [-0.2, 0) is 9.59 Å². The standard InChI is InChI=1S/C22H29N3O2.ClH/c1-15(2)22(27)25-11-9-17(10-12-25)21(26)24-20(14-23)19-8-7-16-5-3-4-6-18(16)13-19;/h3-8,13,15,17,20H,9-12,14,23H2,1-2H3,(H,24,26);1H. The third-order valence-corrected chi connectivity index (χ3v) is 5.40. The summed E-state index contributed by atoms with van der Waals surface area (Å²) in [6.45, 7) is 5.48. The largest absolute Gasteiger partial charge is 0.348 e. The van der Waals surface area contributed by atoms with E-state index in [9.17, 15) is 9.59 Å². The molecule has 1 saturated heterocycles. The minimum Gasteiger partial charge on any atom is -0.348 e. The van der Waals surface area contributed by atoms with Crippen LogP contribution in [0.4, 0.5) is 0 Å². The van der Waals surface area contributed by atoms with Crippen LogP contribution < -0.4 is 11.1 Å². The molecular formula is C22H30ClN3O2. The van der Waals surface area contributed by atoms with E-state index in [1.807, 2.05) is 36.9 Å². The SMILES string of the molecule is CC(C)C(=O)N1CCC(C(=O)NC(CN)c2ccc3ccccc3c2)CC1.Cl. The van der Waals surface area contributed by atoms with Gasteiger partial charge in [-0.2, -0.15) is 0 Å². The van der Waals surface area contributed by atoms with Gasteiger partial charge in [-0.15, -0.1) is 12.4 Å². The van der Waals surface area contributed by atoms with Crippen molar-refractivity contribution in [3.05, 3.63) is 48.0 Å². The maximum atomic E-state index is 12.7. The summed E-state index contributed by atoms with van der Waals surface area (Å²) < 4.78 is 0. The van der Waals surface area contributed by atoms with Crippen molar-refractivity contribution in [1.29, 1.82) is 0 Å². The van der Waals surface area contributed by atoms with Gasteiger partial charge in [0.15, 0.2) is 0 Å². The van der Waals surface area contributed by atoms with Crippen molar-refractivity contribution in [3.8, 4) is 0 Å². The van der Waals surface area contributed by atoms with Gasteiger partial charge in [-0.05, 0) is 35.2 Å². The number of carbonyl (C=O) groups is 2. The van der Waals surface area contributed by atoms with Gasteiger partial charge in [0.2, 0.25) is 11.8 Å². The molecule has 2 aromatic carbocycles. The molecule has 3 N–H and O–H groups in total. The summed E-state index contributed by atoms with van der Waals surface area (Å²) in [5.74, 6) is 0.153. The Bertz CT molecular complexity index is 816. The number of nitrogens with two attached hydrogens (primary N) is 1. The van der Waals surface area contributed by atoms with Gasteiger partial charge < -0.3 is 16.0 Å². The van der Waals surface area contributed by atoms with E-state index in [-0.39, 0.29) is 42.1 Å². The third-order valence-electron chi connectivity index (χ3n) is 5.40. The first-order chi connectivity index (χ1) is 13.0. The second-order valence-electron chi connectivity index (χ2n) is 7.66. The van der Waals surface area contributed by atoms with Gasteiger partial charge in [-0.3, -0.25) is 9.59 Å². The van der Waals surface area contributed by atoms with Gasteiger partial charge in [-0.1, -0.05) is 50.2 Å². The fraction of sp³-hybridized carbons (Fsp3) is 0.455. The first-order valence-corrected chi connectivity index (χ1v) is 9.77. The molecule has 5 nitrogen and oxygen atoms in total. The number of piperidine rings is 1. The van der Waals surface area contributed by atoms with Gasteiger partial charge in [0.25, 0.3) is 0 Å². The highest BCUT2D eigenvalue weighted by molar-refractivity contribution is 5.85. The monoisotopic (exact) mass is 403 g/mol. The fourth-order valence-corrected chi connectivity index (χ4v) is 3.72. The smallest absolute Gasteiger partial charge is 0.225 e. The molecule has 0 aromatic heterocycles. The molecule has 6 heteroatoms. The predicted octanol–water partition coefficient (Wildman–Crippen LogP) is 3.27. The van der Waals surface area contributed by atoms with Crippen LogP contribution in [0, 0.1) is 11.8 Å². The van der Waals surface area contributed by atoms with Crippen molar-refractivity contribution in [2.75, 3.05) is 19.6 Å². The van der Waals surface area contributed by atoms with Crippen molar-refractivity contribution in [1.82, 2.24) is 10.2 Å². The molecule has 0 bridgehead atoms. The van der Waals surface area contributed by atoms with Crippen LogP contribution in [0.25, 0.3) is 10.8 Å². The summed E-state index contributed by atoms with van der Waals surface area (Å²) >= 11 is 0. The molecule has 1 aliphatic heterocycles. The van der Waals surface area contributed by atoms with E-state index < -0.39 is 0 Å². The number of rotatable bonds is 5. The lowest BCUT2D eigenvalue weighted by Crippen LogP contribution is -2.45. The Labute approximate surface area is 173 Å². The first kappa shape index (κ1) is 22.2. The van der Waals surface area contributed by atoms with E-state index in [2.05, 4.69) is 29.6 Å². The van der Waals surface area contributed by atoms with E-state index in [1.54, 1.807) is 0 Å². The number of likely N-dealkylation sites (tertiary alicyclic amines) is 1. The summed E-state index contributed by atoms with van der Waals surface area (Å²) in [4.78, 5) is 26.7. The Hall–Kier alpha value is -2.11. The van der Waals surface area contributed by atoms with E-state index in [1.165, 1.54) is 5.39 Å². The van der Waals surface area contributed by atoms with Crippen LogP contribution in [0.3, 0.4) is 0 Å². The average Bonchev–Trinajstić information content (AvgIpc) is 2.71. The topological polar surface area (TPSA) is 75.4 Å². The molecule has 1 unspecified atom stereocenters. The normalized spacial score (nSPS) is 15.9. The zero-order valence-corrected chi connectivity index (χ0v) is 17.4. The molecule has 2 aromatic rings. The number of fused-ring (bicyclic) bond motifs is 1. The summed E-state index contributed by atoms with van der Waals surface area (Å²) in [6.07, 6.45) is 1.42. The maximum absolute atomic E-state index is 12.7. The summed E-state index contributed by atoms with van der Waals surface area (Å²) in [5.41, 5.74) is 6.98. The van der Waals surface area contributed by atoms with Crippen molar-refractivity contribution >= 4 is 35.0 Å². The molecule has 0 aliphatic carbocycles. The highest BCUT2D eigenvalue weighted by Crippen LogP contribution is 2.23. The van der Waals surface area contributed by atoms with E-state index in [4.69, 9.17) is 5.73 Å². The van der Waals surface area contributed by atoms with Crippen LogP contribution in [-0.4, -0.2) is 36.3 Å². The average molecular weight is 404 g/mol. The second-order valence-corrected chi connectivity index (χ2v) is 7.66. The van der Waals surface area contributed by atoms with E-state index in [0.717, 1.165) is 10.9 Å². The van der Waals surface area contributed by atoms with Gasteiger partial charge in [0.1, 0.15) is 0 Å². The Morgan fingerprint density at radius 3 is 2.36 bits per heavy atom. The summed E-state index contributed by atoms with van der Waals surface area (Å²) in [6, 6.07) is 14.2. The van der Waals surface area contributed by atoms with Crippen LogP contribution in [0.15, 0.2) is 42.5 Å². The maximum Gasteiger partial charge on any atom is 0.225 e. The quantitative estimate of drug-likeness (QED) is 0.804. The minimum absolute atomic E-state index is 0. The van der Waals surface area contributed by atoms with E-state index in [0.29, 0.717) is 32.5 Å². The zero-order chi connectivity index (χ0) is 19.4. The second kappa shape index (κ2) is 9.89. The fourth-order valence-electron chi connectivity index (χ4n) is 3.72. The van der Waals surface area contributed by atoms with Gasteiger partial charge in [0, 0.05) is 31.5 Å². The first-order valence-electron chi connectivity index (χ1n) is 9.77. The van der Waals surface area contributed by atoms with Crippen molar-refractivity contribution in [2.45, 2.75) is 32.7 Å². The highest BCUT2D eigenvalue weighted by atomic mass is 35.5. The summed E-state index contributed by atoms with van der Waals surface area (Å²) in [7, 11) is 0. The Balaban J connectivity index is 0.00000280. The molecule has 3 rings (SSSR count). The molecule has 28 heavy (non-hydrogen) atoms. The van der Waals surface area contributed by atoms with Crippen LogP contribution in [0.1, 0.15) is 38.3 Å². The van der Waals surface area contributed by atoms with Crippen molar-refractivity contribution in [3.63, 3.8) is 0 Å². The molecule has 0 saturated carbocycles. The third kappa shape index (κ3) is 5.03. The molecule has 1 heterocycles. The predicted molar refractivity (Wildman–Crippen MR) is 115 cm³/mol. The lowest BCUT2D eigenvalue weighted by molar-refractivity contribution is -0.138. The number of nitrogens with one attached hydrogen (secondary N) is 1.